The van der Waals surface area contributed by atoms with E-state index >= 15 is 0 Å². The Hall–Kier alpha value is -0.570. The van der Waals surface area contributed by atoms with E-state index in [-0.39, 0.29) is 6.04 Å². The van der Waals surface area contributed by atoms with Crippen molar-refractivity contribution in [2.45, 2.75) is 72.4 Å². The molecule has 0 spiro atoms. The van der Waals surface area contributed by atoms with Crippen molar-refractivity contribution in [3.8, 4) is 0 Å². The van der Waals surface area contributed by atoms with E-state index in [0.29, 0.717) is 11.9 Å². The Morgan fingerprint density at radius 1 is 1.05 bits per heavy atom. The molecular weight excluding hydrogens is 236 g/mol. The van der Waals surface area contributed by atoms with Crippen LogP contribution in [0, 0.1) is 5.92 Å². The van der Waals surface area contributed by atoms with Crippen LogP contribution < -0.4 is 0 Å². The van der Waals surface area contributed by atoms with Gasteiger partial charge in [0, 0.05) is 19.1 Å². The fourth-order valence-corrected chi connectivity index (χ4v) is 3.11. The molecule has 0 aliphatic carbocycles. The van der Waals surface area contributed by atoms with Gasteiger partial charge in [-0.25, -0.2) is 0 Å². The molecule has 0 aromatic rings. The van der Waals surface area contributed by atoms with Crippen LogP contribution in [0.25, 0.3) is 0 Å². The fourth-order valence-electron chi connectivity index (χ4n) is 3.11. The van der Waals surface area contributed by atoms with Gasteiger partial charge in [-0.05, 0) is 52.0 Å². The van der Waals surface area contributed by atoms with Gasteiger partial charge in [-0.1, -0.05) is 20.8 Å². The van der Waals surface area contributed by atoms with Gasteiger partial charge in [0.25, 0.3) is 0 Å². The van der Waals surface area contributed by atoms with Gasteiger partial charge in [0.2, 0.25) is 5.91 Å². The molecule has 0 N–H and O–H groups in total. The molecule has 3 heteroatoms. The number of nitrogens with zero attached hydrogens (tertiary/aromatic N) is 2. The molecule has 0 radical (unpaired) electrons. The van der Waals surface area contributed by atoms with Gasteiger partial charge in [0.05, 0.1) is 6.04 Å². The largest absolute Gasteiger partial charge is 0.341 e. The van der Waals surface area contributed by atoms with E-state index in [1.807, 2.05) is 13.8 Å². The Morgan fingerprint density at radius 3 is 2.16 bits per heavy atom. The predicted molar refractivity (Wildman–Crippen MR) is 81.2 cm³/mol. The second-order valence-corrected chi connectivity index (χ2v) is 6.00. The minimum atomic E-state index is 0.170. The molecule has 0 unspecified atom stereocenters. The standard InChI is InChI=1S/C14H26N2O.C2H6/c1-11(2)16-8-4-5-13(16)14(17)15-9-6-12(3)7-10-15;1-2/h11-13H,4-10H2,1-3H3;1-2H3/t13-;/m0./s1. The third-order valence-corrected chi connectivity index (χ3v) is 4.34. The molecule has 2 aliphatic rings. The summed E-state index contributed by atoms with van der Waals surface area (Å²) in [5.74, 6) is 1.19. The Kier molecular flexibility index (Phi) is 6.84. The van der Waals surface area contributed by atoms with Gasteiger partial charge in [0.15, 0.2) is 0 Å². The maximum absolute atomic E-state index is 12.5. The zero-order valence-electron chi connectivity index (χ0n) is 13.5. The van der Waals surface area contributed by atoms with E-state index in [9.17, 15) is 4.79 Å². The third-order valence-electron chi connectivity index (χ3n) is 4.34. The molecule has 1 atom stereocenters. The fraction of sp³-hybridized carbons (Fsp3) is 0.938. The predicted octanol–water partition coefficient (Wildman–Crippen LogP) is 3.14. The lowest BCUT2D eigenvalue weighted by Crippen LogP contribution is -2.49. The van der Waals surface area contributed by atoms with Gasteiger partial charge < -0.3 is 4.90 Å². The molecule has 2 fully saturated rings. The van der Waals surface area contributed by atoms with E-state index in [1.165, 1.54) is 19.3 Å². The van der Waals surface area contributed by atoms with Crippen LogP contribution in [0.4, 0.5) is 0 Å². The van der Waals surface area contributed by atoms with Gasteiger partial charge in [0.1, 0.15) is 0 Å². The second-order valence-electron chi connectivity index (χ2n) is 6.00. The molecule has 2 aliphatic heterocycles. The zero-order chi connectivity index (χ0) is 14.4. The van der Waals surface area contributed by atoms with Crippen LogP contribution in [0.3, 0.4) is 0 Å². The van der Waals surface area contributed by atoms with Crippen LogP contribution in [0.15, 0.2) is 0 Å². The first-order valence-electron chi connectivity index (χ1n) is 8.14. The molecule has 2 heterocycles. The van der Waals surface area contributed by atoms with E-state index in [0.717, 1.165) is 32.0 Å². The summed E-state index contributed by atoms with van der Waals surface area (Å²) in [4.78, 5) is 17.0. The summed E-state index contributed by atoms with van der Waals surface area (Å²) in [6, 6.07) is 0.665. The highest BCUT2D eigenvalue weighted by Crippen LogP contribution is 2.24. The summed E-state index contributed by atoms with van der Waals surface area (Å²) in [7, 11) is 0. The van der Waals surface area contributed by atoms with Crippen molar-refractivity contribution < 1.29 is 4.79 Å². The number of piperidine rings is 1. The molecule has 1 amide bonds. The summed E-state index contributed by atoms with van der Waals surface area (Å²) < 4.78 is 0. The molecule has 0 bridgehead atoms. The maximum atomic E-state index is 12.5. The van der Waals surface area contributed by atoms with Crippen molar-refractivity contribution in [3.05, 3.63) is 0 Å². The zero-order valence-corrected chi connectivity index (χ0v) is 13.5. The number of amides is 1. The van der Waals surface area contributed by atoms with Crippen LogP contribution in [-0.4, -0.2) is 47.4 Å². The number of carbonyl (C=O) groups excluding carboxylic acids is 1. The highest BCUT2D eigenvalue weighted by Gasteiger charge is 2.35. The van der Waals surface area contributed by atoms with Crippen LogP contribution in [0.2, 0.25) is 0 Å². The van der Waals surface area contributed by atoms with Gasteiger partial charge >= 0.3 is 0 Å². The smallest absolute Gasteiger partial charge is 0.239 e. The molecule has 2 saturated heterocycles. The number of hydrogen-bond donors (Lipinski definition) is 0. The summed E-state index contributed by atoms with van der Waals surface area (Å²) in [5.41, 5.74) is 0. The third kappa shape index (κ3) is 4.20. The van der Waals surface area contributed by atoms with Crippen molar-refractivity contribution in [2.24, 2.45) is 5.92 Å². The SMILES string of the molecule is CC.CC1CCN(C(=O)[C@@H]2CCCN2C(C)C)CC1. The lowest BCUT2D eigenvalue weighted by molar-refractivity contribution is -0.137. The lowest BCUT2D eigenvalue weighted by Gasteiger charge is -2.35. The van der Waals surface area contributed by atoms with E-state index in [4.69, 9.17) is 0 Å². The highest BCUT2D eigenvalue weighted by atomic mass is 16.2. The first kappa shape index (κ1) is 16.5. The molecule has 2 rings (SSSR count). The number of carbonyl (C=O) groups is 1. The Morgan fingerprint density at radius 2 is 1.63 bits per heavy atom. The lowest BCUT2D eigenvalue weighted by atomic mass is 9.98. The molecule has 0 saturated carbocycles. The molecular formula is C16H32N2O. The molecule has 112 valence electrons. The van der Waals surface area contributed by atoms with Crippen LogP contribution in [0.1, 0.15) is 60.3 Å². The van der Waals surface area contributed by atoms with Gasteiger partial charge in [-0.2, -0.15) is 0 Å². The summed E-state index contributed by atoms with van der Waals surface area (Å²) in [6.07, 6.45) is 4.60. The van der Waals surface area contributed by atoms with E-state index in [1.54, 1.807) is 0 Å². The topological polar surface area (TPSA) is 23.6 Å². The Balaban J connectivity index is 0.000000861. The average Bonchev–Trinajstić information content (AvgIpc) is 2.90. The normalized spacial score (nSPS) is 25.4. The number of rotatable bonds is 2. The number of likely N-dealkylation sites (tertiary alicyclic amines) is 2. The maximum Gasteiger partial charge on any atom is 0.239 e. The summed E-state index contributed by atoms with van der Waals surface area (Å²) >= 11 is 0. The van der Waals surface area contributed by atoms with Crippen molar-refractivity contribution >= 4 is 5.91 Å². The Labute approximate surface area is 119 Å². The van der Waals surface area contributed by atoms with Crippen molar-refractivity contribution in [1.82, 2.24) is 9.80 Å². The number of hydrogen-bond acceptors (Lipinski definition) is 2. The molecule has 3 nitrogen and oxygen atoms in total. The van der Waals surface area contributed by atoms with Crippen molar-refractivity contribution in [3.63, 3.8) is 0 Å². The minimum Gasteiger partial charge on any atom is -0.341 e. The monoisotopic (exact) mass is 268 g/mol. The molecule has 0 aromatic heterocycles. The first-order valence-corrected chi connectivity index (χ1v) is 8.14. The average molecular weight is 268 g/mol. The quantitative estimate of drug-likeness (QED) is 0.768. The van der Waals surface area contributed by atoms with Crippen LogP contribution >= 0.6 is 0 Å². The first-order chi connectivity index (χ1) is 9.09. The minimum absolute atomic E-state index is 0.170. The van der Waals surface area contributed by atoms with Gasteiger partial charge in [-0.15, -0.1) is 0 Å². The highest BCUT2D eigenvalue weighted by molar-refractivity contribution is 5.82. The van der Waals surface area contributed by atoms with Crippen LogP contribution in [0.5, 0.6) is 0 Å². The van der Waals surface area contributed by atoms with Crippen molar-refractivity contribution in [1.29, 1.82) is 0 Å². The second kappa shape index (κ2) is 7.88. The summed E-state index contributed by atoms with van der Waals surface area (Å²) in [5, 5.41) is 0. The van der Waals surface area contributed by atoms with E-state index < -0.39 is 0 Å². The van der Waals surface area contributed by atoms with Crippen LogP contribution in [-0.2, 0) is 4.79 Å². The summed E-state index contributed by atoms with van der Waals surface area (Å²) in [6.45, 7) is 13.7. The van der Waals surface area contributed by atoms with Gasteiger partial charge in [-0.3, -0.25) is 9.69 Å². The van der Waals surface area contributed by atoms with E-state index in [2.05, 4.69) is 30.6 Å². The molecule has 0 aromatic carbocycles. The molecule has 19 heavy (non-hydrogen) atoms. The Bertz CT molecular complexity index is 270. The van der Waals surface area contributed by atoms with Crippen molar-refractivity contribution in [2.75, 3.05) is 19.6 Å².